The van der Waals surface area contributed by atoms with Gasteiger partial charge in [0.15, 0.2) is 0 Å². The van der Waals surface area contributed by atoms with Crippen LogP contribution in [0.3, 0.4) is 0 Å². The molecule has 1 aromatic carbocycles. The van der Waals surface area contributed by atoms with Crippen molar-refractivity contribution in [2.45, 2.75) is 13.2 Å². The molecule has 2 rings (SSSR count). The van der Waals surface area contributed by atoms with E-state index in [-0.39, 0.29) is 18.7 Å². The van der Waals surface area contributed by atoms with Gasteiger partial charge in [-0.3, -0.25) is 4.68 Å². The molecule has 0 radical (unpaired) electrons. The summed E-state index contributed by atoms with van der Waals surface area (Å²) in [5.41, 5.74) is 0.576. The van der Waals surface area contributed by atoms with E-state index in [0.717, 1.165) is 0 Å². The topological polar surface area (TPSA) is 38.1 Å². The maximum Gasteiger partial charge on any atom is 0.131 e. The Morgan fingerprint density at radius 2 is 1.94 bits per heavy atom. The summed E-state index contributed by atoms with van der Waals surface area (Å²) >= 11 is 0. The molecule has 84 valence electrons. The zero-order valence-electron chi connectivity index (χ0n) is 8.40. The summed E-state index contributed by atoms with van der Waals surface area (Å²) in [4.78, 5) is 0. The Kier molecular flexibility index (Phi) is 2.96. The van der Waals surface area contributed by atoms with Gasteiger partial charge in [0, 0.05) is 17.3 Å². The molecule has 1 N–H and O–H groups in total. The monoisotopic (exact) mass is 224 g/mol. The zero-order chi connectivity index (χ0) is 11.5. The highest BCUT2D eigenvalue weighted by atomic mass is 19.1. The summed E-state index contributed by atoms with van der Waals surface area (Å²) in [7, 11) is 0. The molecule has 0 bridgehead atoms. The first-order valence-electron chi connectivity index (χ1n) is 4.76. The number of hydrogen-bond donors (Lipinski definition) is 1. The van der Waals surface area contributed by atoms with Gasteiger partial charge in [0.05, 0.1) is 19.3 Å². The lowest BCUT2D eigenvalue weighted by molar-refractivity contribution is 0.281. The fraction of sp³-hybridized carbons (Fsp3) is 0.182. The molecule has 1 heterocycles. The summed E-state index contributed by atoms with van der Waals surface area (Å²) in [5.74, 6) is -1.19. The Labute approximate surface area is 91.0 Å². The number of halogens is 2. The van der Waals surface area contributed by atoms with Crippen LogP contribution in [0, 0.1) is 11.6 Å². The van der Waals surface area contributed by atoms with E-state index in [2.05, 4.69) is 5.10 Å². The lowest BCUT2D eigenvalue weighted by Gasteiger charge is -2.04. The minimum absolute atomic E-state index is 0.0124. The molecule has 16 heavy (non-hydrogen) atoms. The largest absolute Gasteiger partial charge is 0.392 e. The van der Waals surface area contributed by atoms with Crippen molar-refractivity contribution >= 4 is 0 Å². The molecule has 0 unspecified atom stereocenters. The van der Waals surface area contributed by atoms with Crippen LogP contribution in [0.15, 0.2) is 30.6 Å². The molecule has 0 amide bonds. The number of aliphatic hydroxyl groups is 1. The maximum atomic E-state index is 13.3. The third kappa shape index (κ3) is 2.09. The van der Waals surface area contributed by atoms with Gasteiger partial charge < -0.3 is 5.11 Å². The molecule has 0 spiro atoms. The molecule has 0 fully saturated rings. The lowest BCUT2D eigenvalue weighted by atomic mass is 10.2. The van der Waals surface area contributed by atoms with Gasteiger partial charge in [-0.15, -0.1) is 0 Å². The number of aromatic nitrogens is 2. The van der Waals surface area contributed by atoms with Crippen molar-refractivity contribution in [1.82, 2.24) is 9.78 Å². The van der Waals surface area contributed by atoms with Gasteiger partial charge in [-0.05, 0) is 12.1 Å². The minimum Gasteiger partial charge on any atom is -0.392 e. The van der Waals surface area contributed by atoms with Crippen molar-refractivity contribution in [1.29, 1.82) is 0 Å². The van der Waals surface area contributed by atoms with Gasteiger partial charge in [0.1, 0.15) is 11.6 Å². The second-order valence-corrected chi connectivity index (χ2v) is 3.40. The van der Waals surface area contributed by atoms with E-state index in [9.17, 15) is 8.78 Å². The molecule has 0 saturated carbocycles. The predicted octanol–water partition coefficient (Wildman–Crippen LogP) is 1.70. The van der Waals surface area contributed by atoms with Crippen LogP contribution in [-0.2, 0) is 13.2 Å². The molecule has 3 nitrogen and oxygen atoms in total. The Morgan fingerprint density at radius 3 is 2.50 bits per heavy atom. The van der Waals surface area contributed by atoms with Crippen LogP contribution in [0.5, 0.6) is 0 Å². The molecule has 0 saturated heterocycles. The third-order valence-corrected chi connectivity index (χ3v) is 2.25. The molecule has 0 aliphatic heterocycles. The van der Waals surface area contributed by atoms with E-state index in [4.69, 9.17) is 5.11 Å². The molecule has 0 atom stereocenters. The lowest BCUT2D eigenvalue weighted by Crippen LogP contribution is -2.04. The van der Waals surface area contributed by atoms with Crippen LogP contribution < -0.4 is 0 Å². The summed E-state index contributed by atoms with van der Waals surface area (Å²) in [6.07, 6.45) is 3.00. The fourth-order valence-electron chi connectivity index (χ4n) is 1.42. The Morgan fingerprint density at radius 1 is 1.25 bits per heavy atom. The third-order valence-electron chi connectivity index (χ3n) is 2.25. The molecule has 1 aromatic heterocycles. The van der Waals surface area contributed by atoms with Crippen molar-refractivity contribution < 1.29 is 13.9 Å². The summed E-state index contributed by atoms with van der Waals surface area (Å²) < 4.78 is 28.0. The quantitative estimate of drug-likeness (QED) is 0.861. The molecule has 0 aliphatic carbocycles. The Hall–Kier alpha value is -1.75. The van der Waals surface area contributed by atoms with E-state index in [1.165, 1.54) is 29.1 Å². The first kappa shape index (κ1) is 10.8. The van der Waals surface area contributed by atoms with Gasteiger partial charge in [-0.1, -0.05) is 6.07 Å². The highest BCUT2D eigenvalue weighted by Crippen LogP contribution is 2.13. The standard InChI is InChI=1S/C11H10F2N2O/c12-10-2-1-3-11(13)9(10)6-15-5-8(7-16)4-14-15/h1-5,16H,6-7H2. The van der Waals surface area contributed by atoms with Crippen LogP contribution in [-0.4, -0.2) is 14.9 Å². The average molecular weight is 224 g/mol. The van der Waals surface area contributed by atoms with E-state index in [1.54, 1.807) is 6.20 Å². The number of aliphatic hydroxyl groups excluding tert-OH is 1. The van der Waals surface area contributed by atoms with Gasteiger partial charge in [-0.2, -0.15) is 5.10 Å². The first-order chi connectivity index (χ1) is 7.70. The van der Waals surface area contributed by atoms with Crippen LogP contribution in [0.1, 0.15) is 11.1 Å². The van der Waals surface area contributed by atoms with E-state index >= 15 is 0 Å². The van der Waals surface area contributed by atoms with Crippen LogP contribution in [0.25, 0.3) is 0 Å². The number of nitrogens with zero attached hydrogens (tertiary/aromatic N) is 2. The van der Waals surface area contributed by atoms with Gasteiger partial charge in [0.25, 0.3) is 0 Å². The van der Waals surface area contributed by atoms with E-state index < -0.39 is 11.6 Å². The number of hydrogen-bond acceptors (Lipinski definition) is 2. The van der Waals surface area contributed by atoms with Crippen molar-refractivity contribution in [3.63, 3.8) is 0 Å². The van der Waals surface area contributed by atoms with Crippen molar-refractivity contribution in [3.05, 3.63) is 53.4 Å². The van der Waals surface area contributed by atoms with E-state index in [0.29, 0.717) is 5.56 Å². The highest BCUT2D eigenvalue weighted by molar-refractivity contribution is 5.20. The smallest absolute Gasteiger partial charge is 0.131 e. The van der Waals surface area contributed by atoms with Gasteiger partial charge in [-0.25, -0.2) is 8.78 Å². The van der Waals surface area contributed by atoms with Gasteiger partial charge >= 0.3 is 0 Å². The normalized spacial score (nSPS) is 10.7. The maximum absolute atomic E-state index is 13.3. The number of benzene rings is 1. The van der Waals surface area contributed by atoms with Crippen molar-refractivity contribution in [2.24, 2.45) is 0 Å². The van der Waals surface area contributed by atoms with Crippen LogP contribution in [0.2, 0.25) is 0 Å². The SMILES string of the molecule is OCc1cnn(Cc2c(F)cccc2F)c1. The second-order valence-electron chi connectivity index (χ2n) is 3.40. The molecular weight excluding hydrogens is 214 g/mol. The summed E-state index contributed by atoms with van der Waals surface area (Å²) in [6, 6.07) is 3.72. The second kappa shape index (κ2) is 4.40. The van der Waals surface area contributed by atoms with Gasteiger partial charge in [0.2, 0.25) is 0 Å². The molecule has 2 aromatic rings. The van der Waals surface area contributed by atoms with E-state index in [1.807, 2.05) is 0 Å². The van der Waals surface area contributed by atoms with Crippen molar-refractivity contribution in [3.8, 4) is 0 Å². The predicted molar refractivity (Wildman–Crippen MR) is 53.6 cm³/mol. The molecular formula is C11H10F2N2O. The summed E-state index contributed by atoms with van der Waals surface area (Å²) in [6.45, 7) is -0.127. The van der Waals surface area contributed by atoms with Crippen LogP contribution in [0.4, 0.5) is 8.78 Å². The minimum atomic E-state index is -0.596. The summed E-state index contributed by atoms with van der Waals surface area (Å²) in [5, 5.41) is 12.7. The average Bonchev–Trinajstić information content (AvgIpc) is 2.71. The number of rotatable bonds is 3. The van der Waals surface area contributed by atoms with Crippen molar-refractivity contribution in [2.75, 3.05) is 0 Å². The zero-order valence-corrected chi connectivity index (χ0v) is 8.40. The highest BCUT2D eigenvalue weighted by Gasteiger charge is 2.09. The Balaban J connectivity index is 2.26. The molecule has 5 heteroatoms. The fourth-order valence-corrected chi connectivity index (χ4v) is 1.42. The Bertz CT molecular complexity index is 476. The molecule has 0 aliphatic rings. The first-order valence-corrected chi connectivity index (χ1v) is 4.76. The van der Waals surface area contributed by atoms with Crippen LogP contribution >= 0.6 is 0 Å².